The first-order valence-electron chi connectivity index (χ1n) is 5.99. The Balaban J connectivity index is 2.21. The molecule has 0 aliphatic heterocycles. The van der Waals surface area contributed by atoms with Gasteiger partial charge in [-0.15, -0.1) is 0 Å². The zero-order chi connectivity index (χ0) is 14.4. The van der Waals surface area contributed by atoms with Gasteiger partial charge in [-0.3, -0.25) is 9.78 Å². The summed E-state index contributed by atoms with van der Waals surface area (Å²) in [6, 6.07) is 7.10. The van der Waals surface area contributed by atoms with E-state index in [9.17, 15) is 4.79 Å². The lowest BCUT2D eigenvalue weighted by molar-refractivity contribution is 0.102. The Morgan fingerprint density at radius 1 is 1.30 bits per heavy atom. The number of aryl methyl sites for hydroxylation is 1. The van der Waals surface area contributed by atoms with E-state index in [1.807, 2.05) is 6.07 Å². The van der Waals surface area contributed by atoms with Crippen molar-refractivity contribution >= 4 is 11.6 Å². The van der Waals surface area contributed by atoms with Gasteiger partial charge in [0.15, 0.2) is 0 Å². The Morgan fingerprint density at radius 2 is 2.10 bits per heavy atom. The van der Waals surface area contributed by atoms with Gasteiger partial charge in [0.1, 0.15) is 12.3 Å². The van der Waals surface area contributed by atoms with Crippen LogP contribution < -0.4 is 5.32 Å². The van der Waals surface area contributed by atoms with Crippen molar-refractivity contribution in [3.8, 4) is 11.8 Å². The van der Waals surface area contributed by atoms with Crippen LogP contribution in [0.3, 0.4) is 0 Å². The van der Waals surface area contributed by atoms with E-state index < -0.39 is 0 Å². The number of aromatic nitrogens is 2. The van der Waals surface area contributed by atoms with Gasteiger partial charge in [-0.25, -0.2) is 4.98 Å². The van der Waals surface area contributed by atoms with E-state index in [-0.39, 0.29) is 18.2 Å². The molecule has 0 radical (unpaired) electrons. The van der Waals surface area contributed by atoms with Crippen molar-refractivity contribution in [2.45, 2.75) is 6.92 Å². The van der Waals surface area contributed by atoms with E-state index in [1.54, 1.807) is 25.1 Å². The van der Waals surface area contributed by atoms with Crippen molar-refractivity contribution in [3.63, 3.8) is 0 Å². The quantitative estimate of drug-likeness (QED) is 0.806. The second-order valence-electron chi connectivity index (χ2n) is 4.00. The smallest absolute Gasteiger partial charge is 0.275 e. The van der Waals surface area contributed by atoms with Crippen LogP contribution in [0.2, 0.25) is 0 Å². The number of para-hydroxylation sites is 1. The molecule has 0 aliphatic carbocycles. The van der Waals surface area contributed by atoms with E-state index in [1.165, 1.54) is 12.4 Å². The zero-order valence-electron chi connectivity index (χ0n) is 10.9. The van der Waals surface area contributed by atoms with Gasteiger partial charge in [0.05, 0.1) is 17.6 Å². The Morgan fingerprint density at radius 3 is 2.80 bits per heavy atom. The topological polar surface area (TPSA) is 75.1 Å². The molecule has 1 heterocycles. The molecule has 2 aromatic rings. The summed E-state index contributed by atoms with van der Waals surface area (Å²) in [5.41, 5.74) is 2.19. The number of carbonyl (C=O) groups is 1. The second kappa shape index (κ2) is 6.45. The predicted octanol–water partition coefficient (Wildman–Crippen LogP) is 1.38. The maximum atomic E-state index is 12.0. The van der Waals surface area contributed by atoms with Gasteiger partial charge in [-0.05, 0) is 19.1 Å². The van der Waals surface area contributed by atoms with Crippen LogP contribution in [0.4, 0.5) is 5.69 Å². The Kier molecular flexibility index (Phi) is 4.43. The van der Waals surface area contributed by atoms with Crippen molar-refractivity contribution in [2.24, 2.45) is 0 Å². The number of hydrogen-bond donors (Lipinski definition) is 2. The third-order valence-corrected chi connectivity index (χ3v) is 2.49. The number of amides is 1. The SMILES string of the molecule is Cc1cnc(C(=O)Nc2ccccc2C#CCO)cn1. The molecule has 0 bridgehead atoms. The summed E-state index contributed by atoms with van der Waals surface area (Å²) >= 11 is 0. The van der Waals surface area contributed by atoms with Gasteiger partial charge in [-0.1, -0.05) is 24.0 Å². The minimum absolute atomic E-state index is 0.230. The molecule has 1 aromatic carbocycles. The van der Waals surface area contributed by atoms with Gasteiger partial charge >= 0.3 is 0 Å². The number of benzene rings is 1. The Hall–Kier alpha value is -2.71. The summed E-state index contributed by atoms with van der Waals surface area (Å²) in [7, 11) is 0. The third kappa shape index (κ3) is 3.40. The molecule has 0 saturated heterocycles. The Labute approximate surface area is 116 Å². The fourth-order valence-corrected chi connectivity index (χ4v) is 1.53. The highest BCUT2D eigenvalue weighted by Gasteiger charge is 2.09. The molecule has 0 atom stereocenters. The molecular formula is C15H13N3O2. The molecule has 0 saturated carbocycles. The standard InChI is InChI=1S/C15H13N3O2/c1-11-9-17-14(10-16-11)15(20)18-13-7-3-2-5-12(13)6-4-8-19/h2-3,5,7,9-10,19H,8H2,1H3,(H,18,20). The molecule has 100 valence electrons. The van der Waals surface area contributed by atoms with E-state index in [0.717, 1.165) is 5.69 Å². The van der Waals surface area contributed by atoms with Gasteiger partial charge in [0.2, 0.25) is 0 Å². The van der Waals surface area contributed by atoms with Crippen LogP contribution in [0, 0.1) is 18.8 Å². The zero-order valence-corrected chi connectivity index (χ0v) is 10.9. The number of nitrogens with zero attached hydrogens (tertiary/aromatic N) is 2. The van der Waals surface area contributed by atoms with Gasteiger partial charge in [0, 0.05) is 11.8 Å². The van der Waals surface area contributed by atoms with Crippen LogP contribution in [0.5, 0.6) is 0 Å². The summed E-state index contributed by atoms with van der Waals surface area (Å²) < 4.78 is 0. The molecule has 2 rings (SSSR count). The van der Waals surface area contributed by atoms with Crippen LogP contribution in [0.15, 0.2) is 36.7 Å². The van der Waals surface area contributed by atoms with Crippen molar-refractivity contribution in [3.05, 3.63) is 53.6 Å². The number of nitrogens with one attached hydrogen (secondary N) is 1. The average Bonchev–Trinajstić information content (AvgIpc) is 2.47. The highest BCUT2D eigenvalue weighted by Crippen LogP contribution is 2.14. The minimum Gasteiger partial charge on any atom is -0.384 e. The highest BCUT2D eigenvalue weighted by molar-refractivity contribution is 6.03. The number of carbonyl (C=O) groups excluding carboxylic acids is 1. The minimum atomic E-state index is -0.351. The number of aliphatic hydroxyl groups is 1. The molecule has 0 unspecified atom stereocenters. The van der Waals surface area contributed by atoms with E-state index in [4.69, 9.17) is 5.11 Å². The lowest BCUT2D eigenvalue weighted by Gasteiger charge is -2.06. The molecule has 20 heavy (non-hydrogen) atoms. The van der Waals surface area contributed by atoms with Crippen LogP contribution in [-0.2, 0) is 0 Å². The van der Waals surface area contributed by atoms with Gasteiger partial charge < -0.3 is 10.4 Å². The molecule has 5 heteroatoms. The molecule has 0 aliphatic rings. The van der Waals surface area contributed by atoms with E-state index in [2.05, 4.69) is 27.1 Å². The van der Waals surface area contributed by atoms with Crippen molar-refractivity contribution in [2.75, 3.05) is 11.9 Å². The predicted molar refractivity (Wildman–Crippen MR) is 75.1 cm³/mol. The number of aliphatic hydroxyl groups excluding tert-OH is 1. The average molecular weight is 267 g/mol. The summed E-state index contributed by atoms with van der Waals surface area (Å²) in [6.45, 7) is 1.57. The molecular weight excluding hydrogens is 254 g/mol. The van der Waals surface area contributed by atoms with E-state index >= 15 is 0 Å². The van der Waals surface area contributed by atoms with Crippen molar-refractivity contribution < 1.29 is 9.90 Å². The molecule has 0 spiro atoms. The number of anilines is 1. The van der Waals surface area contributed by atoms with Crippen LogP contribution in [-0.4, -0.2) is 27.6 Å². The lowest BCUT2D eigenvalue weighted by atomic mass is 10.2. The fraction of sp³-hybridized carbons (Fsp3) is 0.133. The molecule has 0 fully saturated rings. The number of hydrogen-bond acceptors (Lipinski definition) is 4. The third-order valence-electron chi connectivity index (χ3n) is 2.49. The summed E-state index contributed by atoms with van der Waals surface area (Å²) in [5, 5.41) is 11.5. The number of rotatable bonds is 2. The van der Waals surface area contributed by atoms with Crippen LogP contribution in [0.1, 0.15) is 21.7 Å². The normalized spacial score (nSPS) is 9.50. The Bertz CT molecular complexity index is 670. The largest absolute Gasteiger partial charge is 0.384 e. The molecule has 2 N–H and O–H groups in total. The summed E-state index contributed by atoms with van der Waals surface area (Å²) in [5.74, 6) is 4.98. The van der Waals surface area contributed by atoms with Gasteiger partial charge in [-0.2, -0.15) is 0 Å². The lowest BCUT2D eigenvalue weighted by Crippen LogP contribution is -2.15. The van der Waals surface area contributed by atoms with E-state index in [0.29, 0.717) is 11.3 Å². The van der Waals surface area contributed by atoms with Crippen LogP contribution in [0.25, 0.3) is 0 Å². The highest BCUT2D eigenvalue weighted by atomic mass is 16.2. The molecule has 5 nitrogen and oxygen atoms in total. The summed E-state index contributed by atoms with van der Waals surface area (Å²) in [4.78, 5) is 20.1. The van der Waals surface area contributed by atoms with Crippen molar-refractivity contribution in [1.29, 1.82) is 0 Å². The molecule has 1 aromatic heterocycles. The maximum Gasteiger partial charge on any atom is 0.275 e. The first-order chi connectivity index (χ1) is 9.70. The first-order valence-corrected chi connectivity index (χ1v) is 5.99. The fourth-order valence-electron chi connectivity index (χ4n) is 1.53. The van der Waals surface area contributed by atoms with Crippen LogP contribution >= 0.6 is 0 Å². The molecule has 1 amide bonds. The first kappa shape index (κ1) is 13.7. The maximum absolute atomic E-state index is 12.0. The monoisotopic (exact) mass is 267 g/mol. The van der Waals surface area contributed by atoms with Gasteiger partial charge in [0.25, 0.3) is 5.91 Å². The summed E-state index contributed by atoms with van der Waals surface area (Å²) in [6.07, 6.45) is 2.96. The van der Waals surface area contributed by atoms with Crippen molar-refractivity contribution in [1.82, 2.24) is 9.97 Å². The second-order valence-corrected chi connectivity index (χ2v) is 4.00.